The second kappa shape index (κ2) is 3.82. The van der Waals surface area contributed by atoms with Gasteiger partial charge in [0, 0.05) is 10.7 Å². The minimum atomic E-state index is -0.646. The number of halogens is 3. The largest absolute Gasteiger partial charge is 0.410 e. The molecule has 0 radical (unpaired) electrons. The fourth-order valence-electron chi connectivity index (χ4n) is 0.658. The van der Waals surface area contributed by atoms with Crippen molar-refractivity contribution in [3.63, 3.8) is 0 Å². The highest BCUT2D eigenvalue weighted by Crippen LogP contribution is 2.20. The van der Waals surface area contributed by atoms with E-state index in [4.69, 9.17) is 16.8 Å². The second-order valence-corrected chi connectivity index (χ2v) is 3.08. The minimum Gasteiger partial charge on any atom is -0.410 e. The van der Waals surface area contributed by atoms with Crippen molar-refractivity contribution in [1.82, 2.24) is 4.98 Å². The predicted molar refractivity (Wildman–Crippen MR) is 46.1 cm³/mol. The first kappa shape index (κ1) is 9.41. The molecule has 0 aliphatic heterocycles. The Labute approximate surface area is 81.0 Å². The van der Waals surface area contributed by atoms with Crippen LogP contribution >= 0.6 is 27.5 Å². The molecule has 1 rings (SSSR count). The van der Waals surface area contributed by atoms with Crippen LogP contribution in [0.1, 0.15) is 5.56 Å². The quantitative estimate of drug-likeness (QED) is 0.474. The summed E-state index contributed by atoms with van der Waals surface area (Å²) in [7, 11) is 0. The number of aromatic nitrogens is 1. The molecule has 1 aromatic rings. The van der Waals surface area contributed by atoms with Crippen molar-refractivity contribution in [2.24, 2.45) is 5.16 Å². The van der Waals surface area contributed by atoms with Crippen molar-refractivity contribution >= 4 is 32.7 Å². The van der Waals surface area contributed by atoms with E-state index in [1.165, 1.54) is 6.20 Å². The fourth-order valence-corrected chi connectivity index (χ4v) is 1.46. The summed E-state index contributed by atoms with van der Waals surface area (Å²) in [4.78, 5) is 3.54. The summed E-state index contributed by atoms with van der Waals surface area (Å²) in [5.41, 5.74) is -0.00540. The van der Waals surface area contributed by atoms with Gasteiger partial charge in [0.25, 0.3) is 0 Å². The zero-order chi connectivity index (χ0) is 9.14. The summed E-state index contributed by atoms with van der Waals surface area (Å²) >= 11 is 8.41. The lowest BCUT2D eigenvalue weighted by Gasteiger charge is -2.00. The van der Waals surface area contributed by atoms with Gasteiger partial charge < -0.3 is 5.21 Å². The van der Waals surface area contributed by atoms with E-state index in [-0.39, 0.29) is 10.7 Å². The molecule has 6 heteroatoms. The van der Waals surface area contributed by atoms with Crippen molar-refractivity contribution in [1.29, 1.82) is 0 Å². The molecule has 1 N–H and O–H groups in total. The van der Waals surface area contributed by atoms with Gasteiger partial charge in [0.15, 0.2) is 11.0 Å². The van der Waals surface area contributed by atoms with E-state index < -0.39 is 5.82 Å². The molecule has 0 bridgehead atoms. The van der Waals surface area contributed by atoms with E-state index in [2.05, 4.69) is 26.1 Å². The van der Waals surface area contributed by atoms with Crippen molar-refractivity contribution in [2.75, 3.05) is 0 Å². The smallest absolute Gasteiger partial charge is 0.179 e. The van der Waals surface area contributed by atoms with Gasteiger partial charge >= 0.3 is 0 Å². The predicted octanol–water partition coefficient (Wildman–Crippen LogP) is 2.36. The highest BCUT2D eigenvalue weighted by Gasteiger charge is 2.11. The van der Waals surface area contributed by atoms with E-state index >= 15 is 0 Å². The maximum Gasteiger partial charge on any atom is 0.179 e. The highest BCUT2D eigenvalue weighted by atomic mass is 79.9. The number of pyridine rings is 1. The summed E-state index contributed by atoms with van der Waals surface area (Å²) in [6.07, 6.45) is 2.33. The molecule has 0 saturated heterocycles. The van der Waals surface area contributed by atoms with Crippen LogP contribution < -0.4 is 0 Å². The lowest BCUT2D eigenvalue weighted by Crippen LogP contribution is -1.98. The lowest BCUT2D eigenvalue weighted by atomic mass is 10.3. The molecule has 0 spiro atoms. The first-order valence-corrected chi connectivity index (χ1v) is 4.01. The van der Waals surface area contributed by atoms with Gasteiger partial charge in [0.05, 0.1) is 11.8 Å². The van der Waals surface area contributed by atoms with Crippen LogP contribution in [0.25, 0.3) is 0 Å². The molecular formula is C6H3BrClFN2O. The Bertz CT molecular complexity index is 311. The van der Waals surface area contributed by atoms with Crippen LogP contribution in [0, 0.1) is 5.82 Å². The van der Waals surface area contributed by atoms with Crippen LogP contribution in [0.15, 0.2) is 22.0 Å². The number of nitrogens with zero attached hydrogens (tertiary/aromatic N) is 2. The molecule has 12 heavy (non-hydrogen) atoms. The SMILES string of the molecule is ON=C(Cl)c1c(F)cncc1Br. The molecule has 0 fully saturated rings. The Balaban J connectivity index is 3.31. The Hall–Kier alpha value is -0.680. The number of hydrogen-bond acceptors (Lipinski definition) is 3. The molecule has 64 valence electrons. The highest BCUT2D eigenvalue weighted by molar-refractivity contribution is 9.10. The van der Waals surface area contributed by atoms with Gasteiger partial charge in [0.1, 0.15) is 0 Å². The van der Waals surface area contributed by atoms with Gasteiger partial charge in [0.2, 0.25) is 0 Å². The molecular weight excluding hydrogens is 250 g/mol. The Morgan fingerprint density at radius 2 is 2.33 bits per heavy atom. The maximum atomic E-state index is 12.9. The van der Waals surface area contributed by atoms with Crippen LogP contribution in [0.3, 0.4) is 0 Å². The molecule has 0 amide bonds. The average Bonchev–Trinajstić information content (AvgIpc) is 2.03. The molecule has 1 heterocycles. The number of hydrogen-bond donors (Lipinski definition) is 1. The Morgan fingerprint density at radius 1 is 1.67 bits per heavy atom. The summed E-state index contributed by atoms with van der Waals surface area (Å²) in [6, 6.07) is 0. The van der Waals surface area contributed by atoms with Gasteiger partial charge in [-0.15, -0.1) is 0 Å². The van der Waals surface area contributed by atoms with E-state index in [0.717, 1.165) is 6.20 Å². The molecule has 1 aromatic heterocycles. The monoisotopic (exact) mass is 252 g/mol. The summed E-state index contributed by atoms with van der Waals surface area (Å²) in [6.45, 7) is 0. The number of rotatable bonds is 1. The zero-order valence-electron chi connectivity index (χ0n) is 5.63. The van der Waals surface area contributed by atoms with Crippen molar-refractivity contribution < 1.29 is 9.60 Å². The van der Waals surface area contributed by atoms with E-state index in [1.54, 1.807) is 0 Å². The van der Waals surface area contributed by atoms with Gasteiger partial charge in [-0.1, -0.05) is 16.8 Å². The van der Waals surface area contributed by atoms with Gasteiger partial charge in [-0.3, -0.25) is 4.98 Å². The van der Waals surface area contributed by atoms with Gasteiger partial charge in [-0.2, -0.15) is 0 Å². The maximum absolute atomic E-state index is 12.9. The third-order valence-corrected chi connectivity index (χ3v) is 2.01. The van der Waals surface area contributed by atoms with E-state index in [1.807, 2.05) is 0 Å². The fraction of sp³-hybridized carbons (Fsp3) is 0. The van der Waals surface area contributed by atoms with Crippen LogP contribution in [0.4, 0.5) is 4.39 Å². The second-order valence-electron chi connectivity index (χ2n) is 1.87. The summed E-state index contributed by atoms with van der Waals surface area (Å²) < 4.78 is 13.3. The Kier molecular flexibility index (Phi) is 2.99. The van der Waals surface area contributed by atoms with Crippen molar-refractivity contribution in [3.05, 3.63) is 28.2 Å². The van der Waals surface area contributed by atoms with Crippen LogP contribution in [0.2, 0.25) is 0 Å². The first-order chi connectivity index (χ1) is 5.66. The molecule has 0 aliphatic rings. The standard InChI is InChI=1S/C6H3BrClFN2O/c7-3-1-10-2-4(9)5(3)6(8)11-12/h1-2,12H. The van der Waals surface area contributed by atoms with Crippen molar-refractivity contribution in [3.8, 4) is 0 Å². The normalized spacial score (nSPS) is 11.8. The van der Waals surface area contributed by atoms with E-state index in [9.17, 15) is 4.39 Å². The van der Waals surface area contributed by atoms with Crippen molar-refractivity contribution in [2.45, 2.75) is 0 Å². The third kappa shape index (κ3) is 1.73. The average molecular weight is 253 g/mol. The third-order valence-electron chi connectivity index (χ3n) is 1.15. The van der Waals surface area contributed by atoms with Crippen LogP contribution in [-0.4, -0.2) is 15.4 Å². The number of oxime groups is 1. The van der Waals surface area contributed by atoms with Gasteiger partial charge in [-0.05, 0) is 15.9 Å². The first-order valence-electron chi connectivity index (χ1n) is 2.83. The molecule has 0 aliphatic carbocycles. The molecule has 0 unspecified atom stereocenters. The molecule has 0 saturated carbocycles. The topological polar surface area (TPSA) is 45.5 Å². The van der Waals surface area contributed by atoms with Gasteiger partial charge in [-0.25, -0.2) is 4.39 Å². The van der Waals surface area contributed by atoms with E-state index in [0.29, 0.717) is 4.47 Å². The molecule has 3 nitrogen and oxygen atoms in total. The van der Waals surface area contributed by atoms with Crippen LogP contribution in [-0.2, 0) is 0 Å². The lowest BCUT2D eigenvalue weighted by molar-refractivity contribution is 0.320. The zero-order valence-corrected chi connectivity index (χ0v) is 7.97. The van der Waals surface area contributed by atoms with Crippen LogP contribution in [0.5, 0.6) is 0 Å². The minimum absolute atomic E-state index is 0.00540. The summed E-state index contributed by atoms with van der Waals surface area (Å²) in [5.74, 6) is -0.646. The molecule has 0 atom stereocenters. The molecule has 0 aromatic carbocycles. The Morgan fingerprint density at radius 3 is 2.83 bits per heavy atom. The summed E-state index contributed by atoms with van der Waals surface area (Å²) in [5, 5.41) is 10.6.